The lowest BCUT2D eigenvalue weighted by atomic mass is 10.1. The molecule has 22 heavy (non-hydrogen) atoms. The maximum atomic E-state index is 12.1. The van der Waals surface area contributed by atoms with Crippen LogP contribution in [0.15, 0.2) is 24.3 Å². The van der Waals surface area contributed by atoms with Crippen molar-refractivity contribution in [2.45, 2.75) is 12.5 Å². The largest absolute Gasteiger partial charge is 0.447 e. The van der Waals surface area contributed by atoms with Gasteiger partial charge in [0.2, 0.25) is 0 Å². The van der Waals surface area contributed by atoms with Gasteiger partial charge in [-0.3, -0.25) is 9.69 Å². The van der Waals surface area contributed by atoms with Crippen LogP contribution < -0.4 is 10.2 Å². The van der Waals surface area contributed by atoms with E-state index in [2.05, 4.69) is 5.32 Å². The van der Waals surface area contributed by atoms with Crippen molar-refractivity contribution in [1.82, 2.24) is 5.32 Å². The fourth-order valence-corrected chi connectivity index (χ4v) is 4.27. The number of carbonyl (C=O) groups excluding carboxylic acids is 2. The smallest absolute Gasteiger partial charge is 0.414 e. The summed E-state index contributed by atoms with van der Waals surface area (Å²) in [5.74, 6) is -0.192. The molecule has 1 N–H and O–H groups in total. The second-order valence-electron chi connectivity index (χ2n) is 5.39. The number of cyclic esters (lactones) is 1. The monoisotopic (exact) mass is 324 g/mol. The Morgan fingerprint density at radius 1 is 1.27 bits per heavy atom. The molecule has 0 saturated carbocycles. The van der Waals surface area contributed by atoms with Gasteiger partial charge in [0.15, 0.2) is 9.84 Å². The highest BCUT2D eigenvalue weighted by Crippen LogP contribution is 2.19. The van der Waals surface area contributed by atoms with E-state index in [1.807, 2.05) is 0 Å². The summed E-state index contributed by atoms with van der Waals surface area (Å²) in [6, 6.07) is 6.24. The minimum atomic E-state index is -3.02. The number of carbonyl (C=O) groups is 2. The van der Waals surface area contributed by atoms with E-state index in [0.717, 1.165) is 0 Å². The van der Waals surface area contributed by atoms with Gasteiger partial charge in [0.05, 0.1) is 18.1 Å². The number of hydrogen-bond acceptors (Lipinski definition) is 5. The molecule has 2 amide bonds. The van der Waals surface area contributed by atoms with Gasteiger partial charge in [0, 0.05) is 17.3 Å². The van der Waals surface area contributed by atoms with E-state index in [1.165, 1.54) is 4.90 Å². The Morgan fingerprint density at radius 3 is 2.55 bits per heavy atom. The van der Waals surface area contributed by atoms with Crippen LogP contribution in [0.3, 0.4) is 0 Å². The van der Waals surface area contributed by atoms with Crippen molar-refractivity contribution in [3.05, 3.63) is 29.8 Å². The van der Waals surface area contributed by atoms with Crippen LogP contribution in [0.5, 0.6) is 0 Å². The van der Waals surface area contributed by atoms with Crippen LogP contribution >= 0.6 is 0 Å². The van der Waals surface area contributed by atoms with Crippen LogP contribution in [-0.2, 0) is 14.6 Å². The van der Waals surface area contributed by atoms with Crippen LogP contribution in [0.25, 0.3) is 0 Å². The number of benzene rings is 1. The van der Waals surface area contributed by atoms with Gasteiger partial charge in [-0.05, 0) is 30.7 Å². The molecule has 8 heteroatoms. The number of nitrogens with one attached hydrogen (secondary N) is 1. The Kier molecular flexibility index (Phi) is 3.78. The molecule has 2 saturated heterocycles. The fraction of sp³-hybridized carbons (Fsp3) is 0.429. The van der Waals surface area contributed by atoms with Crippen LogP contribution in [0.2, 0.25) is 0 Å². The Morgan fingerprint density at radius 2 is 2.00 bits per heavy atom. The Bertz CT molecular complexity index is 698. The molecular weight excluding hydrogens is 308 g/mol. The second kappa shape index (κ2) is 5.60. The average Bonchev–Trinajstić information content (AvgIpc) is 3.04. The average molecular weight is 324 g/mol. The van der Waals surface area contributed by atoms with E-state index in [0.29, 0.717) is 30.8 Å². The van der Waals surface area contributed by atoms with Crippen molar-refractivity contribution in [2.24, 2.45) is 0 Å². The van der Waals surface area contributed by atoms with Crippen LogP contribution in [-0.4, -0.2) is 51.1 Å². The summed E-state index contributed by atoms with van der Waals surface area (Å²) < 4.78 is 27.6. The number of rotatable bonds is 3. The van der Waals surface area contributed by atoms with Crippen molar-refractivity contribution < 1.29 is 22.7 Å². The molecule has 1 aromatic carbocycles. The van der Waals surface area contributed by atoms with Gasteiger partial charge in [-0.25, -0.2) is 13.2 Å². The van der Waals surface area contributed by atoms with Crippen molar-refractivity contribution >= 4 is 27.5 Å². The van der Waals surface area contributed by atoms with Gasteiger partial charge >= 0.3 is 6.09 Å². The highest BCUT2D eigenvalue weighted by molar-refractivity contribution is 7.91. The number of nitrogens with zero attached hydrogens (tertiary/aromatic N) is 1. The predicted molar refractivity (Wildman–Crippen MR) is 79.7 cm³/mol. The molecule has 7 nitrogen and oxygen atoms in total. The zero-order valence-electron chi connectivity index (χ0n) is 11.8. The SMILES string of the molecule is O=C(NC1CCS(=O)(=O)C1)c1ccc(N2CCOC2=O)cc1. The third-order valence-corrected chi connectivity index (χ3v) is 5.54. The summed E-state index contributed by atoms with van der Waals surface area (Å²) in [5, 5.41) is 2.73. The van der Waals surface area contributed by atoms with E-state index in [4.69, 9.17) is 4.74 Å². The minimum Gasteiger partial charge on any atom is -0.447 e. The van der Waals surface area contributed by atoms with Gasteiger partial charge in [-0.15, -0.1) is 0 Å². The number of ether oxygens (including phenoxy) is 1. The first-order chi connectivity index (χ1) is 10.4. The fourth-order valence-electron chi connectivity index (χ4n) is 2.60. The third-order valence-electron chi connectivity index (χ3n) is 3.77. The third kappa shape index (κ3) is 3.06. The molecule has 0 spiro atoms. The second-order valence-corrected chi connectivity index (χ2v) is 7.62. The Hall–Kier alpha value is -2.09. The molecule has 118 valence electrons. The first kappa shape index (κ1) is 14.8. The maximum Gasteiger partial charge on any atom is 0.414 e. The van der Waals surface area contributed by atoms with Crippen molar-refractivity contribution in [3.8, 4) is 0 Å². The lowest BCUT2D eigenvalue weighted by molar-refractivity contribution is 0.0941. The molecule has 0 aliphatic carbocycles. The highest BCUT2D eigenvalue weighted by Gasteiger charge is 2.29. The zero-order chi connectivity index (χ0) is 15.7. The van der Waals surface area contributed by atoms with Gasteiger partial charge in [-0.2, -0.15) is 0 Å². The number of anilines is 1. The van der Waals surface area contributed by atoms with Crippen molar-refractivity contribution in [3.63, 3.8) is 0 Å². The summed E-state index contributed by atoms with van der Waals surface area (Å²) in [4.78, 5) is 25.0. The predicted octanol–water partition coefficient (Wildman–Crippen LogP) is 0.560. The van der Waals surface area contributed by atoms with Crippen molar-refractivity contribution in [1.29, 1.82) is 0 Å². The van der Waals surface area contributed by atoms with E-state index < -0.39 is 15.9 Å². The van der Waals surface area contributed by atoms with Crippen molar-refractivity contribution in [2.75, 3.05) is 29.6 Å². The molecular formula is C14H16N2O5S. The normalized spacial score (nSPS) is 23.4. The van der Waals surface area contributed by atoms with E-state index in [-0.39, 0.29) is 23.5 Å². The molecule has 0 radical (unpaired) electrons. The summed E-state index contributed by atoms with van der Waals surface area (Å²) in [7, 11) is -3.02. The first-order valence-corrected chi connectivity index (χ1v) is 8.82. The number of sulfone groups is 1. The van der Waals surface area contributed by atoms with E-state index in [1.54, 1.807) is 24.3 Å². The molecule has 1 atom stereocenters. The highest BCUT2D eigenvalue weighted by atomic mass is 32.2. The molecule has 1 unspecified atom stereocenters. The molecule has 0 aromatic heterocycles. The van der Waals surface area contributed by atoms with Gasteiger partial charge in [0.25, 0.3) is 5.91 Å². The summed E-state index contributed by atoms with van der Waals surface area (Å²) in [6.07, 6.45) is 0.0551. The summed E-state index contributed by atoms with van der Waals surface area (Å²) >= 11 is 0. The minimum absolute atomic E-state index is 0.00353. The standard InChI is InChI=1S/C14H16N2O5S/c17-13(15-11-5-8-22(19,20)9-11)10-1-3-12(4-2-10)16-6-7-21-14(16)18/h1-4,11H,5-9H2,(H,15,17). The summed E-state index contributed by atoms with van der Waals surface area (Å²) in [5.41, 5.74) is 1.10. The molecule has 1 aromatic rings. The Labute approximate surface area is 128 Å². The molecule has 2 aliphatic heterocycles. The summed E-state index contributed by atoms with van der Waals surface area (Å²) in [6.45, 7) is 0.849. The molecule has 2 fully saturated rings. The Balaban J connectivity index is 1.65. The van der Waals surface area contributed by atoms with Crippen LogP contribution in [0, 0.1) is 0 Å². The van der Waals surface area contributed by atoms with Crippen LogP contribution in [0.1, 0.15) is 16.8 Å². The number of amides is 2. The maximum absolute atomic E-state index is 12.1. The van der Waals surface area contributed by atoms with Gasteiger partial charge in [-0.1, -0.05) is 0 Å². The topological polar surface area (TPSA) is 92.8 Å². The number of hydrogen-bond donors (Lipinski definition) is 1. The molecule has 3 rings (SSSR count). The zero-order valence-corrected chi connectivity index (χ0v) is 12.6. The quantitative estimate of drug-likeness (QED) is 0.877. The lowest BCUT2D eigenvalue weighted by Crippen LogP contribution is -2.35. The van der Waals surface area contributed by atoms with Crippen LogP contribution in [0.4, 0.5) is 10.5 Å². The molecule has 0 bridgehead atoms. The first-order valence-electron chi connectivity index (χ1n) is 7.00. The lowest BCUT2D eigenvalue weighted by Gasteiger charge is -2.14. The van der Waals surface area contributed by atoms with E-state index >= 15 is 0 Å². The molecule has 2 aliphatic rings. The van der Waals surface area contributed by atoms with Gasteiger partial charge in [0.1, 0.15) is 6.61 Å². The van der Waals surface area contributed by atoms with E-state index in [9.17, 15) is 18.0 Å². The molecule has 2 heterocycles. The van der Waals surface area contributed by atoms with Gasteiger partial charge < -0.3 is 10.1 Å².